The third-order valence-electron chi connectivity index (χ3n) is 0.514. The van der Waals surface area contributed by atoms with E-state index in [-0.39, 0.29) is 56.5 Å². The zero-order chi connectivity index (χ0) is 5.28. The Morgan fingerprint density at radius 2 is 2.12 bits per heavy atom. The Morgan fingerprint density at radius 1 is 1.50 bits per heavy atom. The maximum absolute atomic E-state index is 5.37. The number of halogens is 2. The summed E-state index contributed by atoms with van der Waals surface area (Å²) in [6.45, 7) is 0. The van der Waals surface area contributed by atoms with Gasteiger partial charge >= 0.3 is 51.4 Å². The van der Waals surface area contributed by atoms with E-state index in [0.29, 0.717) is 5.02 Å². The molecule has 8 heavy (non-hydrogen) atoms. The summed E-state index contributed by atoms with van der Waals surface area (Å²) in [4.78, 5) is 0. The van der Waals surface area contributed by atoms with E-state index in [1.165, 1.54) is 6.20 Å². The third kappa shape index (κ3) is 2.35. The molecule has 0 saturated heterocycles. The van der Waals surface area contributed by atoms with Crippen LogP contribution in [0.2, 0.25) is 10.2 Å². The maximum atomic E-state index is 5.37. The van der Waals surface area contributed by atoms with Crippen molar-refractivity contribution in [3.05, 3.63) is 16.4 Å². The summed E-state index contributed by atoms with van der Waals surface area (Å²) in [5.74, 6) is 0. The van der Waals surface area contributed by atoms with Crippen LogP contribution in [0.5, 0.6) is 0 Å². The number of rotatable bonds is 0. The molecule has 0 radical (unpaired) electrons. The molecule has 0 N–H and O–H groups in total. The molecule has 5 heteroatoms. The molecular weight excluding hydrogens is 174 g/mol. The maximum Gasteiger partial charge on any atom is 1.00 e. The Hall–Kier alpha value is 1.43. The van der Waals surface area contributed by atoms with Crippen molar-refractivity contribution >= 4 is 23.2 Å². The van der Waals surface area contributed by atoms with Gasteiger partial charge in [0, 0.05) is 0 Å². The van der Waals surface area contributed by atoms with E-state index in [1.54, 1.807) is 0 Å². The minimum atomic E-state index is 0. The van der Waals surface area contributed by atoms with Gasteiger partial charge in [0.15, 0.2) is 0 Å². The normalized spacial score (nSPS) is 8.25. The van der Waals surface area contributed by atoms with Gasteiger partial charge in [-0.2, -0.15) is 0 Å². The van der Waals surface area contributed by atoms with E-state index in [4.69, 9.17) is 23.2 Å². The average molecular weight is 175 g/mol. The van der Waals surface area contributed by atoms with Crippen LogP contribution in [0.25, 0.3) is 0 Å². The summed E-state index contributed by atoms with van der Waals surface area (Å²) < 4.78 is 0. The predicted octanol–water partition coefficient (Wildman–Crippen LogP) is -1.65. The average Bonchev–Trinajstić information content (AvgIpc) is 1.91. The van der Waals surface area contributed by atoms with Gasteiger partial charge in [-0.05, 0) is 0 Å². The molecule has 0 unspecified atom stereocenters. The van der Waals surface area contributed by atoms with Crippen molar-refractivity contribution in [3.8, 4) is 0 Å². The molecule has 0 aliphatic rings. The molecule has 0 spiro atoms. The number of hydrogen-bond acceptors (Lipinski definition) is 1. The van der Waals surface area contributed by atoms with Gasteiger partial charge in [-0.3, -0.25) is 0 Å². The van der Waals surface area contributed by atoms with Crippen LogP contribution in [-0.2, 0) is 0 Å². The number of hydrogen-bond donors (Lipinski definition) is 0. The van der Waals surface area contributed by atoms with E-state index < -0.39 is 0 Å². The first-order valence-electron chi connectivity index (χ1n) is 1.60. The number of nitrogens with zero attached hydrogens (tertiary/aromatic N) is 2. The van der Waals surface area contributed by atoms with Crippen LogP contribution >= 0.6 is 23.2 Å². The second-order valence-electron chi connectivity index (χ2n) is 0.983. The van der Waals surface area contributed by atoms with Crippen molar-refractivity contribution in [2.24, 2.45) is 0 Å². The van der Waals surface area contributed by atoms with Crippen molar-refractivity contribution in [1.82, 2.24) is 10.2 Å². The summed E-state index contributed by atoms with van der Waals surface area (Å²) in [5, 5.41) is 7.48. The molecular formula is C3HCl2KN2. The smallest absolute Gasteiger partial charge is 0.579 e. The molecule has 0 atom stereocenters. The summed E-state index contributed by atoms with van der Waals surface area (Å²) in [5.41, 5.74) is 0. The zero-order valence-corrected chi connectivity index (χ0v) is 8.86. The fourth-order valence-corrected chi connectivity index (χ4v) is 0.405. The largest absolute Gasteiger partial charge is 1.00 e. The molecule has 1 aromatic rings. The summed E-state index contributed by atoms with van der Waals surface area (Å²) in [7, 11) is 0. The standard InChI is InChI=1S/C3HCl2N2.K/c4-2-1-6-7-3(2)5;/h1H;/q-1;+1. The van der Waals surface area contributed by atoms with Gasteiger partial charge in [-0.25, -0.2) is 0 Å². The quantitative estimate of drug-likeness (QED) is 0.442. The molecule has 0 aliphatic carbocycles. The molecule has 0 amide bonds. The number of aromatic nitrogens is 2. The summed E-state index contributed by atoms with van der Waals surface area (Å²) in [6, 6.07) is 0. The minimum Gasteiger partial charge on any atom is -0.579 e. The molecule has 1 heterocycles. The van der Waals surface area contributed by atoms with Crippen molar-refractivity contribution in [3.63, 3.8) is 0 Å². The zero-order valence-electron chi connectivity index (χ0n) is 4.23. The third-order valence-corrected chi connectivity index (χ3v) is 1.17. The Morgan fingerprint density at radius 3 is 2.25 bits per heavy atom. The van der Waals surface area contributed by atoms with Gasteiger partial charge in [0.2, 0.25) is 0 Å². The monoisotopic (exact) mass is 174 g/mol. The first kappa shape index (κ1) is 9.43. The molecule has 0 fully saturated rings. The molecule has 0 bridgehead atoms. The van der Waals surface area contributed by atoms with Crippen molar-refractivity contribution in [1.29, 1.82) is 0 Å². The van der Waals surface area contributed by atoms with Crippen LogP contribution < -0.4 is 56.5 Å². The molecule has 0 aromatic carbocycles. The van der Waals surface area contributed by atoms with Crippen molar-refractivity contribution in [2.45, 2.75) is 0 Å². The van der Waals surface area contributed by atoms with Gasteiger partial charge < -0.3 is 10.2 Å². The Bertz CT molecular complexity index is 148. The molecule has 0 aliphatic heterocycles. The molecule has 1 aromatic heterocycles. The van der Waals surface area contributed by atoms with Crippen molar-refractivity contribution < 1.29 is 51.4 Å². The summed E-state index contributed by atoms with van der Waals surface area (Å²) in [6.07, 6.45) is 1.39. The second kappa shape index (κ2) is 4.27. The predicted molar refractivity (Wildman–Crippen MR) is 27.6 cm³/mol. The van der Waals surface area contributed by atoms with E-state index in [2.05, 4.69) is 10.2 Å². The Balaban J connectivity index is 0.000000490. The molecule has 0 saturated carbocycles. The first-order chi connectivity index (χ1) is 3.30. The van der Waals surface area contributed by atoms with E-state index in [1.807, 2.05) is 0 Å². The Kier molecular flexibility index (Phi) is 5.04. The molecule has 1 rings (SSSR count). The fourth-order valence-electron chi connectivity index (χ4n) is 0.231. The fraction of sp³-hybridized carbons (Fsp3) is 0. The summed E-state index contributed by atoms with van der Waals surface area (Å²) >= 11 is 10.7. The first-order valence-corrected chi connectivity index (χ1v) is 2.35. The molecule has 38 valence electrons. The van der Waals surface area contributed by atoms with Crippen molar-refractivity contribution in [2.75, 3.05) is 0 Å². The molecule has 2 nitrogen and oxygen atoms in total. The van der Waals surface area contributed by atoms with E-state index in [9.17, 15) is 0 Å². The Labute approximate surface area is 99.4 Å². The van der Waals surface area contributed by atoms with Crippen LogP contribution in [0.3, 0.4) is 0 Å². The van der Waals surface area contributed by atoms with Gasteiger partial charge in [-0.1, -0.05) is 23.2 Å². The van der Waals surface area contributed by atoms with E-state index >= 15 is 0 Å². The SMILES string of the molecule is Clc1c[n-]nc1Cl.[K+]. The van der Waals surface area contributed by atoms with Gasteiger partial charge in [-0.15, -0.1) is 6.20 Å². The van der Waals surface area contributed by atoms with Gasteiger partial charge in [0.1, 0.15) is 5.15 Å². The van der Waals surface area contributed by atoms with Gasteiger partial charge in [0.05, 0.1) is 5.02 Å². The van der Waals surface area contributed by atoms with Crippen LogP contribution in [0, 0.1) is 0 Å². The topological polar surface area (TPSA) is 27.0 Å². The van der Waals surface area contributed by atoms with Crippen LogP contribution in [-0.4, -0.2) is 5.10 Å². The van der Waals surface area contributed by atoms with Gasteiger partial charge in [0.25, 0.3) is 0 Å². The second-order valence-corrected chi connectivity index (χ2v) is 1.75. The van der Waals surface area contributed by atoms with Crippen LogP contribution in [0.4, 0.5) is 0 Å². The van der Waals surface area contributed by atoms with E-state index in [0.717, 1.165) is 0 Å². The minimum absolute atomic E-state index is 0. The van der Waals surface area contributed by atoms with Crippen LogP contribution in [0.1, 0.15) is 0 Å². The van der Waals surface area contributed by atoms with Crippen LogP contribution in [0.15, 0.2) is 6.20 Å².